The van der Waals surface area contributed by atoms with Gasteiger partial charge in [0.1, 0.15) is 13.2 Å². The molecule has 0 aliphatic heterocycles. The van der Waals surface area contributed by atoms with Gasteiger partial charge in [0.2, 0.25) is 0 Å². The molecule has 0 N–H and O–H groups in total. The van der Waals surface area contributed by atoms with E-state index in [2.05, 4.69) is 179 Å². The van der Waals surface area contributed by atoms with E-state index in [-0.39, 0.29) is 38.0 Å². The van der Waals surface area contributed by atoms with E-state index in [1.165, 1.54) is 96.3 Å². The van der Waals surface area contributed by atoms with Gasteiger partial charge in [-0.1, -0.05) is 300 Å². The molecule has 466 valence electrons. The highest BCUT2D eigenvalue weighted by molar-refractivity contribution is 5.72. The lowest BCUT2D eigenvalue weighted by atomic mass is 10.0. The zero-order valence-corrected chi connectivity index (χ0v) is 53.4. The van der Waals surface area contributed by atoms with E-state index < -0.39 is 12.1 Å². The van der Waals surface area contributed by atoms with Crippen LogP contribution in [0, 0.1) is 0 Å². The second-order valence-corrected chi connectivity index (χ2v) is 21.6. The number of rotatable bonds is 59. The monoisotopic (exact) mass is 1140 g/mol. The first kappa shape index (κ1) is 77.8. The van der Waals surface area contributed by atoms with Gasteiger partial charge in [-0.3, -0.25) is 14.4 Å². The van der Waals surface area contributed by atoms with E-state index in [4.69, 9.17) is 14.2 Å². The highest BCUT2D eigenvalue weighted by Gasteiger charge is 2.19. The number of carbonyl (C=O) groups is 3. The molecule has 6 heteroatoms. The molecule has 0 fully saturated rings. The van der Waals surface area contributed by atoms with Crippen LogP contribution in [0.5, 0.6) is 0 Å². The maximum atomic E-state index is 12.9. The third kappa shape index (κ3) is 67.4. The first-order valence-electron chi connectivity index (χ1n) is 33.6. The summed E-state index contributed by atoms with van der Waals surface area (Å²) in [6, 6.07) is 0. The molecule has 0 aromatic heterocycles. The van der Waals surface area contributed by atoms with Crippen LogP contribution in [0.4, 0.5) is 0 Å². The maximum Gasteiger partial charge on any atom is 0.309 e. The van der Waals surface area contributed by atoms with Crippen molar-refractivity contribution in [2.24, 2.45) is 0 Å². The highest BCUT2D eigenvalue weighted by atomic mass is 16.6. The SMILES string of the molecule is CC/C=C\C/C=C\C/C=C\C/C=C\C/C=C\CCCCCCCCCCCCCCCCCC(=O)OCC(COC(=O)C/C=C\C/C=C\C/C=C\C/C=C\C/C=C\CC)OC(=O)CCCCCCCC/C=C\C/C=C\C/C=C\C/C=C\CC. The molecule has 1 atom stereocenters. The number of ether oxygens (including phenoxy) is 3. The Bertz CT molecular complexity index is 1890. The first-order chi connectivity index (χ1) is 41.0. The molecular weight excluding hydrogens is 1020 g/mol. The Hall–Kier alpha value is -5.23. The Balaban J connectivity index is 4.37. The van der Waals surface area contributed by atoms with Crippen molar-refractivity contribution >= 4 is 17.9 Å². The normalized spacial score (nSPS) is 13.2. The van der Waals surface area contributed by atoms with Gasteiger partial charge in [-0.2, -0.15) is 0 Å². The Morgan fingerprint density at radius 2 is 0.482 bits per heavy atom. The summed E-state index contributed by atoms with van der Waals surface area (Å²) in [5.41, 5.74) is 0. The van der Waals surface area contributed by atoms with Crippen LogP contribution >= 0.6 is 0 Å². The van der Waals surface area contributed by atoms with Gasteiger partial charge in [0.25, 0.3) is 0 Å². The molecule has 0 aromatic carbocycles. The third-order valence-electron chi connectivity index (χ3n) is 13.7. The van der Waals surface area contributed by atoms with Crippen LogP contribution in [0.15, 0.2) is 170 Å². The van der Waals surface area contributed by atoms with Crippen LogP contribution in [0.3, 0.4) is 0 Å². The van der Waals surface area contributed by atoms with Crippen LogP contribution in [0.1, 0.15) is 278 Å². The summed E-state index contributed by atoms with van der Waals surface area (Å²) in [6.45, 7) is 6.20. The summed E-state index contributed by atoms with van der Waals surface area (Å²) in [5, 5.41) is 0. The Morgan fingerprint density at radius 1 is 0.253 bits per heavy atom. The molecule has 0 saturated heterocycles. The number of unbranched alkanes of at least 4 members (excludes halogenated alkanes) is 21. The van der Waals surface area contributed by atoms with Gasteiger partial charge in [-0.05, 0) is 128 Å². The predicted octanol–water partition coefficient (Wildman–Crippen LogP) is 23.4. The number of allylic oxidation sites excluding steroid dienone is 27. The standard InChI is InChI=1S/C77H122O6/c1-4-7-10-13-16-19-22-25-28-30-32-33-34-35-36-37-38-39-40-41-42-43-45-46-49-52-55-58-61-64-67-70-76(79)82-73-74(72-81-75(78)69-66-63-60-57-54-51-48-27-24-21-18-15-12-9-6-3)83-77(80)71-68-65-62-59-56-53-50-47-44-31-29-26-23-20-17-14-11-8-5-2/h7-12,16-21,25-29,32-33,35-36,44,47-48,54,57,63,66,74H,4-6,13-15,22-24,30-31,34,37-43,45-46,49-53,55-56,58-62,64-65,67-73H2,1-3H3/b10-7-,11-8-,12-9-,19-16-,20-17-,21-18-,28-25-,29-26-,33-32-,36-35-,47-44-,48-27-,57-54-,66-63-. The average Bonchev–Trinajstić information content (AvgIpc) is 3.49. The fourth-order valence-electron chi connectivity index (χ4n) is 8.83. The van der Waals surface area contributed by atoms with E-state index in [1.807, 2.05) is 6.08 Å². The minimum absolute atomic E-state index is 0.117. The fourth-order valence-corrected chi connectivity index (χ4v) is 8.83. The van der Waals surface area contributed by atoms with E-state index in [0.717, 1.165) is 141 Å². The van der Waals surface area contributed by atoms with Crippen LogP contribution in [0.25, 0.3) is 0 Å². The molecule has 0 bridgehead atoms. The van der Waals surface area contributed by atoms with Gasteiger partial charge in [-0.25, -0.2) is 0 Å². The van der Waals surface area contributed by atoms with E-state index in [0.29, 0.717) is 6.42 Å². The van der Waals surface area contributed by atoms with E-state index >= 15 is 0 Å². The topological polar surface area (TPSA) is 78.9 Å². The molecule has 1 unspecified atom stereocenters. The first-order valence-corrected chi connectivity index (χ1v) is 33.6. The van der Waals surface area contributed by atoms with Gasteiger partial charge >= 0.3 is 17.9 Å². The molecule has 0 aromatic rings. The summed E-state index contributed by atoms with van der Waals surface area (Å²) in [5.74, 6) is -1.07. The van der Waals surface area contributed by atoms with Gasteiger partial charge < -0.3 is 14.2 Å². The minimum atomic E-state index is -0.835. The van der Waals surface area contributed by atoms with E-state index in [1.54, 1.807) is 6.08 Å². The summed E-state index contributed by atoms with van der Waals surface area (Å²) >= 11 is 0. The number of carbonyl (C=O) groups excluding carboxylic acids is 3. The largest absolute Gasteiger partial charge is 0.462 e. The molecule has 0 aliphatic carbocycles. The maximum absolute atomic E-state index is 12.9. The van der Waals surface area contributed by atoms with Gasteiger partial charge in [0, 0.05) is 12.8 Å². The van der Waals surface area contributed by atoms with Crippen molar-refractivity contribution in [1.29, 1.82) is 0 Å². The quantitative estimate of drug-likeness (QED) is 0.0261. The second kappa shape index (κ2) is 69.3. The van der Waals surface area contributed by atoms with Crippen molar-refractivity contribution in [3.05, 3.63) is 170 Å². The number of esters is 3. The van der Waals surface area contributed by atoms with Crippen LogP contribution in [0.2, 0.25) is 0 Å². The minimum Gasteiger partial charge on any atom is -0.462 e. The molecule has 0 rings (SSSR count). The molecule has 83 heavy (non-hydrogen) atoms. The second-order valence-electron chi connectivity index (χ2n) is 21.6. The smallest absolute Gasteiger partial charge is 0.309 e. The Morgan fingerprint density at radius 3 is 0.783 bits per heavy atom. The summed E-state index contributed by atoms with van der Waals surface area (Å²) in [4.78, 5) is 38.3. The molecule has 0 saturated carbocycles. The van der Waals surface area contributed by atoms with Crippen LogP contribution in [-0.4, -0.2) is 37.2 Å². The summed E-state index contributed by atoms with van der Waals surface area (Å²) in [6.07, 6.45) is 103. The van der Waals surface area contributed by atoms with Crippen molar-refractivity contribution in [2.75, 3.05) is 13.2 Å². The van der Waals surface area contributed by atoms with Crippen LogP contribution in [-0.2, 0) is 28.6 Å². The average molecular weight is 1140 g/mol. The molecule has 0 aliphatic rings. The van der Waals surface area contributed by atoms with Crippen molar-refractivity contribution in [3.63, 3.8) is 0 Å². The lowest BCUT2D eigenvalue weighted by Crippen LogP contribution is -2.30. The van der Waals surface area contributed by atoms with Crippen molar-refractivity contribution < 1.29 is 28.6 Å². The zero-order chi connectivity index (χ0) is 59.9. The third-order valence-corrected chi connectivity index (χ3v) is 13.7. The molecule has 0 radical (unpaired) electrons. The van der Waals surface area contributed by atoms with Gasteiger partial charge in [0.15, 0.2) is 6.10 Å². The lowest BCUT2D eigenvalue weighted by molar-refractivity contribution is -0.166. The van der Waals surface area contributed by atoms with Crippen molar-refractivity contribution in [1.82, 2.24) is 0 Å². The number of hydrogen-bond acceptors (Lipinski definition) is 6. The lowest BCUT2D eigenvalue weighted by Gasteiger charge is -2.18. The fraction of sp³-hybridized carbons (Fsp3) is 0.597. The summed E-state index contributed by atoms with van der Waals surface area (Å²) < 4.78 is 16.8. The molecule has 6 nitrogen and oxygen atoms in total. The molecule has 0 amide bonds. The molecule has 0 spiro atoms. The van der Waals surface area contributed by atoms with E-state index in [9.17, 15) is 14.4 Å². The van der Waals surface area contributed by atoms with Gasteiger partial charge in [-0.15, -0.1) is 0 Å². The van der Waals surface area contributed by atoms with Crippen molar-refractivity contribution in [3.8, 4) is 0 Å². The highest BCUT2D eigenvalue weighted by Crippen LogP contribution is 2.16. The van der Waals surface area contributed by atoms with Crippen LogP contribution < -0.4 is 0 Å². The zero-order valence-electron chi connectivity index (χ0n) is 53.4. The summed E-state index contributed by atoms with van der Waals surface area (Å²) in [7, 11) is 0. The van der Waals surface area contributed by atoms with Crippen molar-refractivity contribution in [2.45, 2.75) is 284 Å². The Labute approximate surface area is 511 Å². The molecular formula is C77H122O6. The van der Waals surface area contributed by atoms with Gasteiger partial charge in [0.05, 0.1) is 6.42 Å². The predicted molar refractivity (Wildman–Crippen MR) is 361 cm³/mol. The molecule has 0 heterocycles. The Kier molecular flexibility index (Phi) is 64.9. The number of hydrogen-bond donors (Lipinski definition) is 0.